The molecule has 0 fully saturated rings. The van der Waals surface area contributed by atoms with Gasteiger partial charge in [0.1, 0.15) is 11.0 Å². The van der Waals surface area contributed by atoms with Crippen LogP contribution in [0.15, 0.2) is 88.2 Å². The van der Waals surface area contributed by atoms with E-state index in [2.05, 4.69) is 16.5 Å². The molecule has 0 saturated heterocycles. The number of para-hydroxylation sites is 4. The van der Waals surface area contributed by atoms with Crippen LogP contribution in [-0.4, -0.2) is 9.97 Å². The zero-order chi connectivity index (χ0) is 17.1. The first-order valence-corrected chi connectivity index (χ1v) is 8.03. The topological polar surface area (TPSA) is 52.1 Å². The highest BCUT2D eigenvalue weighted by Crippen LogP contribution is 2.21. The number of benzene rings is 2. The lowest BCUT2D eigenvalue weighted by Gasteiger charge is -1.92. The van der Waals surface area contributed by atoms with Crippen LogP contribution in [0.5, 0.6) is 0 Å². The Morgan fingerprint density at radius 2 is 1.60 bits per heavy atom. The summed E-state index contributed by atoms with van der Waals surface area (Å²) in [5.41, 5.74) is 4.10. The molecular formula is C21H16N2O2. The minimum absolute atomic E-state index is 0.558. The average Bonchev–Trinajstić information content (AvgIpc) is 3.25. The van der Waals surface area contributed by atoms with E-state index in [0.29, 0.717) is 18.2 Å². The van der Waals surface area contributed by atoms with Crippen LogP contribution in [0.1, 0.15) is 11.8 Å². The lowest BCUT2D eigenvalue weighted by molar-refractivity contribution is 0.547. The maximum absolute atomic E-state index is 5.76. The fraction of sp³-hybridized carbons (Fsp3) is 0.0476. The Bertz CT molecular complexity index is 1030. The third kappa shape index (κ3) is 3.15. The van der Waals surface area contributed by atoms with E-state index in [1.807, 2.05) is 66.8 Å². The van der Waals surface area contributed by atoms with E-state index in [9.17, 15) is 0 Å². The highest BCUT2D eigenvalue weighted by Gasteiger charge is 2.07. The molecule has 0 atom stereocenters. The Hall–Kier alpha value is -3.40. The maximum Gasteiger partial charge on any atom is 0.227 e. The molecule has 4 nitrogen and oxygen atoms in total. The molecule has 25 heavy (non-hydrogen) atoms. The summed E-state index contributed by atoms with van der Waals surface area (Å²) in [5.74, 6) is 1.25. The largest absolute Gasteiger partial charge is 0.440 e. The fourth-order valence-corrected chi connectivity index (χ4v) is 2.57. The van der Waals surface area contributed by atoms with E-state index in [4.69, 9.17) is 8.83 Å². The van der Waals surface area contributed by atoms with Gasteiger partial charge in [0, 0.05) is 12.0 Å². The standard InChI is InChI=1S/C21H16N2O2/c1-2-15(21-23-17-11-5-7-13-19(17)25-21)9-3-8-14-20-22-16-10-4-6-12-18(16)24-20/h2-13H,1,14H2/b8-3-,15-9+. The zero-order valence-electron chi connectivity index (χ0n) is 13.6. The van der Waals surface area contributed by atoms with Gasteiger partial charge in [-0.2, -0.15) is 0 Å². The van der Waals surface area contributed by atoms with Crippen LogP contribution in [0.2, 0.25) is 0 Å². The van der Waals surface area contributed by atoms with Crippen LogP contribution in [0.25, 0.3) is 27.8 Å². The Morgan fingerprint density at radius 1 is 0.920 bits per heavy atom. The number of oxazole rings is 2. The van der Waals surface area contributed by atoms with Crippen LogP contribution >= 0.6 is 0 Å². The zero-order valence-corrected chi connectivity index (χ0v) is 13.6. The van der Waals surface area contributed by atoms with Gasteiger partial charge < -0.3 is 8.83 Å². The fourth-order valence-electron chi connectivity index (χ4n) is 2.57. The Balaban J connectivity index is 1.52. The first kappa shape index (κ1) is 15.1. The van der Waals surface area contributed by atoms with E-state index >= 15 is 0 Å². The number of hydrogen-bond acceptors (Lipinski definition) is 4. The molecule has 0 N–H and O–H groups in total. The lowest BCUT2D eigenvalue weighted by Crippen LogP contribution is -1.80. The molecule has 4 rings (SSSR count). The van der Waals surface area contributed by atoms with E-state index < -0.39 is 0 Å². The van der Waals surface area contributed by atoms with Crippen LogP contribution in [-0.2, 0) is 6.42 Å². The van der Waals surface area contributed by atoms with E-state index in [-0.39, 0.29) is 0 Å². The highest BCUT2D eigenvalue weighted by molar-refractivity contribution is 5.78. The average molecular weight is 328 g/mol. The molecule has 0 spiro atoms. The smallest absolute Gasteiger partial charge is 0.227 e. The summed E-state index contributed by atoms with van der Waals surface area (Å²) < 4.78 is 11.5. The monoisotopic (exact) mass is 328 g/mol. The second-order valence-electron chi connectivity index (χ2n) is 5.52. The van der Waals surface area contributed by atoms with Gasteiger partial charge in [-0.05, 0) is 30.3 Å². The summed E-state index contributed by atoms with van der Waals surface area (Å²) in [6.45, 7) is 3.84. The number of nitrogens with zero attached hydrogens (tertiary/aromatic N) is 2. The van der Waals surface area contributed by atoms with Gasteiger partial charge in [0.15, 0.2) is 17.1 Å². The van der Waals surface area contributed by atoms with Crippen molar-refractivity contribution in [2.45, 2.75) is 6.42 Å². The molecule has 0 saturated carbocycles. The minimum atomic E-state index is 0.558. The molecule has 0 aliphatic heterocycles. The molecule has 4 aromatic rings. The summed E-state index contributed by atoms with van der Waals surface area (Å²) in [4.78, 5) is 8.93. The molecule has 2 aromatic carbocycles. The predicted molar refractivity (Wildman–Crippen MR) is 99.0 cm³/mol. The van der Waals surface area contributed by atoms with Gasteiger partial charge in [0.2, 0.25) is 5.89 Å². The second kappa shape index (κ2) is 6.61. The van der Waals surface area contributed by atoms with E-state index in [0.717, 1.165) is 27.8 Å². The van der Waals surface area contributed by atoms with Gasteiger partial charge in [0.05, 0.1) is 0 Å². The molecule has 0 bridgehead atoms. The number of fused-ring (bicyclic) bond motifs is 2. The molecule has 0 aliphatic rings. The Kier molecular flexibility index (Phi) is 4.01. The number of aromatic nitrogens is 2. The van der Waals surface area contributed by atoms with E-state index in [1.54, 1.807) is 6.08 Å². The summed E-state index contributed by atoms with van der Waals surface area (Å²) in [5, 5.41) is 0. The van der Waals surface area contributed by atoms with E-state index in [1.165, 1.54) is 0 Å². The van der Waals surface area contributed by atoms with Crippen molar-refractivity contribution in [3.05, 3.63) is 91.2 Å². The molecule has 4 heteroatoms. The Morgan fingerprint density at radius 3 is 2.28 bits per heavy atom. The van der Waals surface area contributed by atoms with Gasteiger partial charge in [-0.15, -0.1) is 0 Å². The summed E-state index contributed by atoms with van der Waals surface area (Å²) >= 11 is 0. The van der Waals surface area contributed by atoms with Gasteiger partial charge in [-0.1, -0.05) is 49.1 Å². The van der Waals surface area contributed by atoms with Crippen LogP contribution < -0.4 is 0 Å². The van der Waals surface area contributed by atoms with Crippen LogP contribution in [0, 0.1) is 0 Å². The summed E-state index contributed by atoms with van der Waals surface area (Å²) in [7, 11) is 0. The summed E-state index contributed by atoms with van der Waals surface area (Å²) in [6, 6.07) is 15.4. The van der Waals surface area contributed by atoms with Gasteiger partial charge in [-0.3, -0.25) is 0 Å². The third-order valence-corrected chi connectivity index (χ3v) is 3.80. The first-order chi connectivity index (χ1) is 12.3. The molecule has 2 heterocycles. The number of hydrogen-bond donors (Lipinski definition) is 0. The van der Waals surface area contributed by atoms with Crippen molar-refractivity contribution in [1.82, 2.24) is 9.97 Å². The number of rotatable bonds is 5. The van der Waals surface area contributed by atoms with Crippen LogP contribution in [0.3, 0.4) is 0 Å². The SMILES string of the molecule is C=C/C(=C\C=C/Cc1nc2ccccc2o1)c1nc2ccccc2o1. The molecule has 2 aromatic heterocycles. The first-order valence-electron chi connectivity index (χ1n) is 8.03. The van der Waals surface area contributed by atoms with Crippen molar-refractivity contribution < 1.29 is 8.83 Å². The molecule has 0 radical (unpaired) electrons. The second-order valence-corrected chi connectivity index (χ2v) is 5.52. The van der Waals surface area contributed by atoms with Crippen molar-refractivity contribution in [2.75, 3.05) is 0 Å². The third-order valence-electron chi connectivity index (χ3n) is 3.80. The minimum Gasteiger partial charge on any atom is -0.440 e. The molecule has 0 aliphatic carbocycles. The highest BCUT2D eigenvalue weighted by atomic mass is 16.4. The summed E-state index contributed by atoms with van der Waals surface area (Å²) in [6.07, 6.45) is 8.18. The molecule has 122 valence electrons. The van der Waals surface area contributed by atoms with Crippen molar-refractivity contribution in [1.29, 1.82) is 0 Å². The predicted octanol–water partition coefficient (Wildman–Crippen LogP) is 5.34. The molecular weight excluding hydrogens is 312 g/mol. The van der Waals surface area contributed by atoms with Crippen molar-refractivity contribution in [2.24, 2.45) is 0 Å². The van der Waals surface area contributed by atoms with Crippen molar-refractivity contribution in [3.8, 4) is 0 Å². The quantitative estimate of drug-likeness (QED) is 0.464. The van der Waals surface area contributed by atoms with Gasteiger partial charge in [-0.25, -0.2) is 9.97 Å². The normalized spacial score (nSPS) is 12.4. The van der Waals surface area contributed by atoms with Gasteiger partial charge >= 0.3 is 0 Å². The number of allylic oxidation sites excluding steroid dienone is 5. The lowest BCUT2D eigenvalue weighted by atomic mass is 10.2. The van der Waals surface area contributed by atoms with Crippen molar-refractivity contribution >= 4 is 27.8 Å². The molecule has 0 amide bonds. The Labute approximate surface area is 144 Å². The maximum atomic E-state index is 5.76. The van der Waals surface area contributed by atoms with Gasteiger partial charge in [0.25, 0.3) is 0 Å². The molecule has 0 unspecified atom stereocenters. The van der Waals surface area contributed by atoms with Crippen molar-refractivity contribution in [3.63, 3.8) is 0 Å². The van der Waals surface area contributed by atoms with Crippen LogP contribution in [0.4, 0.5) is 0 Å².